The Morgan fingerprint density at radius 1 is 1.03 bits per heavy atom. The second-order valence-corrected chi connectivity index (χ2v) is 12.2. The number of nitrogens with one attached hydrogen (secondary N) is 1. The van der Waals surface area contributed by atoms with Crippen LogP contribution >= 0.6 is 0 Å². The Bertz CT molecular complexity index is 985. The molecule has 2 rings (SSSR count). The predicted octanol–water partition coefficient (Wildman–Crippen LogP) is 4.72. The first-order valence-corrected chi connectivity index (χ1v) is 15.1. The molecule has 0 bridgehead atoms. The second kappa shape index (κ2) is 13.6. The lowest BCUT2D eigenvalue weighted by Crippen LogP contribution is -2.60. The van der Waals surface area contributed by atoms with Crippen LogP contribution in [0.3, 0.4) is 0 Å². The number of hydrogen-bond acceptors (Lipinski definition) is 4. The molecule has 0 radical (unpaired) electrons. The van der Waals surface area contributed by atoms with Crippen molar-refractivity contribution in [1.82, 2.24) is 14.5 Å². The Hall–Kier alpha value is -1.93. The third-order valence-electron chi connectivity index (χ3n) is 7.39. The van der Waals surface area contributed by atoms with Crippen molar-refractivity contribution in [1.29, 1.82) is 0 Å². The number of sulfonamides is 1. The fourth-order valence-corrected chi connectivity index (χ4v) is 6.96. The molecule has 1 aromatic carbocycles. The van der Waals surface area contributed by atoms with Gasteiger partial charge in [-0.25, -0.2) is 8.42 Å². The highest BCUT2D eigenvalue weighted by molar-refractivity contribution is 7.89. The molecule has 0 spiro atoms. The maximum absolute atomic E-state index is 13.6. The third-order valence-corrected chi connectivity index (χ3v) is 9.13. The quantitative estimate of drug-likeness (QED) is 0.403. The number of unbranched alkanes of at least 4 members (excludes halogenated alkanes) is 4. The zero-order valence-corrected chi connectivity index (χ0v) is 24.2. The van der Waals surface area contributed by atoms with Crippen molar-refractivity contribution >= 4 is 21.8 Å². The van der Waals surface area contributed by atoms with E-state index in [1.54, 1.807) is 18.7 Å². The molecule has 7 nitrogen and oxygen atoms in total. The minimum absolute atomic E-state index is 0.0957. The van der Waals surface area contributed by atoms with Gasteiger partial charge in [-0.1, -0.05) is 70.6 Å². The van der Waals surface area contributed by atoms with Gasteiger partial charge in [-0.15, -0.1) is 0 Å². The molecule has 0 aliphatic carbocycles. The summed E-state index contributed by atoms with van der Waals surface area (Å²) in [6, 6.07) is 2.75. The molecule has 1 aromatic rings. The van der Waals surface area contributed by atoms with E-state index in [1.807, 2.05) is 44.7 Å². The van der Waals surface area contributed by atoms with Gasteiger partial charge in [0.1, 0.15) is 6.04 Å². The fraction of sp³-hybridized carbons (Fsp3) is 0.714. The van der Waals surface area contributed by atoms with E-state index in [2.05, 4.69) is 11.6 Å². The molecule has 1 N–H and O–H groups in total. The number of amides is 2. The van der Waals surface area contributed by atoms with Crippen LogP contribution in [0.5, 0.6) is 0 Å². The highest BCUT2D eigenvalue weighted by atomic mass is 32.2. The summed E-state index contributed by atoms with van der Waals surface area (Å²) in [6.07, 6.45) is 6.73. The molecule has 1 saturated heterocycles. The highest BCUT2D eigenvalue weighted by Gasteiger charge is 2.37. The summed E-state index contributed by atoms with van der Waals surface area (Å²) >= 11 is 0. The number of carbonyl (C=O) groups is 2. The molecule has 0 aromatic heterocycles. The molecule has 1 fully saturated rings. The Labute approximate surface area is 219 Å². The molecule has 1 heterocycles. The Balaban J connectivity index is 2.11. The lowest BCUT2D eigenvalue weighted by atomic mass is 9.98. The maximum Gasteiger partial charge on any atom is 0.241 e. The first-order valence-electron chi connectivity index (χ1n) is 13.6. The van der Waals surface area contributed by atoms with E-state index in [9.17, 15) is 18.0 Å². The molecule has 36 heavy (non-hydrogen) atoms. The van der Waals surface area contributed by atoms with E-state index in [-0.39, 0.29) is 28.7 Å². The first-order chi connectivity index (χ1) is 16.9. The average molecular weight is 522 g/mol. The summed E-state index contributed by atoms with van der Waals surface area (Å²) in [4.78, 5) is 30.2. The minimum Gasteiger partial charge on any atom is -0.337 e. The van der Waals surface area contributed by atoms with Crippen LogP contribution in [0.1, 0.15) is 89.3 Å². The van der Waals surface area contributed by atoms with E-state index in [0.717, 1.165) is 24.8 Å². The summed E-state index contributed by atoms with van der Waals surface area (Å²) in [5, 5.41) is 0. The van der Waals surface area contributed by atoms with Gasteiger partial charge in [0.05, 0.1) is 4.90 Å². The van der Waals surface area contributed by atoms with Crippen LogP contribution in [0.4, 0.5) is 0 Å². The van der Waals surface area contributed by atoms with Crippen LogP contribution in [0.2, 0.25) is 0 Å². The van der Waals surface area contributed by atoms with Gasteiger partial charge >= 0.3 is 0 Å². The molecular formula is C28H47N3O4S. The molecule has 3 unspecified atom stereocenters. The van der Waals surface area contributed by atoms with Crippen LogP contribution in [0.25, 0.3) is 0 Å². The lowest BCUT2D eigenvalue weighted by molar-refractivity contribution is -0.144. The number of benzene rings is 1. The van der Waals surface area contributed by atoms with Gasteiger partial charge in [-0.3, -0.25) is 9.59 Å². The van der Waals surface area contributed by atoms with E-state index < -0.39 is 16.1 Å². The van der Waals surface area contributed by atoms with E-state index in [0.29, 0.717) is 43.6 Å². The number of nitrogens with zero attached hydrogens (tertiary/aromatic N) is 2. The topological polar surface area (TPSA) is 86.8 Å². The van der Waals surface area contributed by atoms with Crippen molar-refractivity contribution < 1.29 is 18.0 Å². The Morgan fingerprint density at radius 3 is 2.19 bits per heavy atom. The van der Waals surface area contributed by atoms with Crippen molar-refractivity contribution in [2.75, 3.05) is 19.6 Å². The van der Waals surface area contributed by atoms with Crippen molar-refractivity contribution in [2.24, 2.45) is 5.92 Å². The van der Waals surface area contributed by atoms with Crippen LogP contribution in [0, 0.1) is 26.7 Å². The fourth-order valence-electron chi connectivity index (χ4n) is 5.21. The molecule has 0 saturated carbocycles. The Kier molecular flexibility index (Phi) is 11.4. The first kappa shape index (κ1) is 30.3. The minimum atomic E-state index is -3.89. The van der Waals surface area contributed by atoms with Crippen LogP contribution in [-0.4, -0.2) is 61.7 Å². The molecule has 8 heteroatoms. The number of carbonyl (C=O) groups excluding carboxylic acids is 2. The lowest BCUT2D eigenvalue weighted by Gasteiger charge is -2.41. The van der Waals surface area contributed by atoms with Gasteiger partial charge in [0, 0.05) is 32.1 Å². The molecule has 2 amide bonds. The van der Waals surface area contributed by atoms with Gasteiger partial charge in [-0.2, -0.15) is 4.72 Å². The maximum atomic E-state index is 13.6. The normalized spacial score (nSPS) is 18.2. The van der Waals surface area contributed by atoms with Crippen molar-refractivity contribution in [3.8, 4) is 0 Å². The van der Waals surface area contributed by atoms with Gasteiger partial charge in [-0.05, 0) is 51.2 Å². The molecule has 1 aliphatic rings. The Morgan fingerprint density at radius 2 is 1.64 bits per heavy atom. The summed E-state index contributed by atoms with van der Waals surface area (Å²) in [5.41, 5.74) is 2.34. The largest absolute Gasteiger partial charge is 0.337 e. The zero-order valence-electron chi connectivity index (χ0n) is 23.4. The zero-order chi connectivity index (χ0) is 27.0. The molecule has 1 aliphatic heterocycles. The van der Waals surface area contributed by atoms with Crippen LogP contribution < -0.4 is 4.72 Å². The molecule has 3 atom stereocenters. The number of piperazine rings is 1. The van der Waals surface area contributed by atoms with E-state index in [4.69, 9.17) is 0 Å². The molecule has 204 valence electrons. The van der Waals surface area contributed by atoms with Gasteiger partial charge in [0.25, 0.3) is 0 Å². The number of aryl methyl sites for hydroxylation is 3. The van der Waals surface area contributed by atoms with Crippen molar-refractivity contribution in [3.63, 3.8) is 0 Å². The third kappa shape index (κ3) is 7.78. The van der Waals surface area contributed by atoms with Crippen molar-refractivity contribution in [2.45, 2.75) is 110 Å². The summed E-state index contributed by atoms with van der Waals surface area (Å²) < 4.78 is 29.6. The number of hydrogen-bond donors (Lipinski definition) is 1. The van der Waals surface area contributed by atoms with Gasteiger partial charge in [0.15, 0.2) is 0 Å². The smallest absolute Gasteiger partial charge is 0.241 e. The van der Waals surface area contributed by atoms with Crippen molar-refractivity contribution in [3.05, 3.63) is 28.8 Å². The van der Waals surface area contributed by atoms with E-state index in [1.165, 1.54) is 12.8 Å². The summed E-state index contributed by atoms with van der Waals surface area (Å²) in [7, 11) is -3.89. The summed E-state index contributed by atoms with van der Waals surface area (Å²) in [6.45, 7) is 14.8. The van der Waals surface area contributed by atoms with Crippen LogP contribution in [-0.2, 0) is 19.6 Å². The monoisotopic (exact) mass is 521 g/mol. The van der Waals surface area contributed by atoms with Gasteiger partial charge in [0.2, 0.25) is 21.8 Å². The molecular weight excluding hydrogens is 474 g/mol. The highest BCUT2D eigenvalue weighted by Crippen LogP contribution is 2.24. The van der Waals surface area contributed by atoms with E-state index >= 15 is 0 Å². The standard InChI is InChI=1S/C28H47N3O4S/c1-8-10-11-12-13-14-25(32)31-16-15-30(19-24(31)7)28(33)26(21(4)9-2)29-36(34,35)27-22(5)17-20(3)18-23(27)6/h17-18,21,24,26,29H,8-16,19H2,1-7H3. The second-order valence-electron chi connectivity index (χ2n) is 10.6. The number of rotatable bonds is 12. The van der Waals surface area contributed by atoms with Crippen LogP contribution in [0.15, 0.2) is 17.0 Å². The van der Waals surface area contributed by atoms with Gasteiger partial charge < -0.3 is 9.80 Å². The predicted molar refractivity (Wildman–Crippen MR) is 145 cm³/mol. The average Bonchev–Trinajstić information content (AvgIpc) is 2.80. The summed E-state index contributed by atoms with van der Waals surface area (Å²) in [5.74, 6) is -0.235. The SMILES string of the molecule is CCCCCCCC(=O)N1CCN(C(=O)C(NS(=O)(=O)c2c(C)cc(C)cc2C)C(C)CC)CC1C.